The predicted molar refractivity (Wildman–Crippen MR) is 204 cm³/mol. The minimum atomic E-state index is -0.248. The Kier molecular flexibility index (Phi) is 9.43. The van der Waals surface area contributed by atoms with Crippen LogP contribution in [0, 0.1) is 0 Å². The molecule has 0 N–H and O–H groups in total. The van der Waals surface area contributed by atoms with Crippen molar-refractivity contribution in [2.75, 3.05) is 13.6 Å². The summed E-state index contributed by atoms with van der Waals surface area (Å²) in [7, 11) is 0. The lowest BCUT2D eigenvalue weighted by molar-refractivity contribution is 0.113. The molecule has 3 aliphatic rings. The number of benzene rings is 4. The number of hydrogen-bond acceptors (Lipinski definition) is 4. The normalized spacial score (nSPS) is 16.5. The molecule has 0 fully saturated rings. The zero-order valence-electron chi connectivity index (χ0n) is 31.7. The molecule has 0 amide bonds. The fourth-order valence-electron chi connectivity index (χ4n) is 8.59. The fraction of sp³-hybridized carbons (Fsp3) is 0.478. The molecule has 0 spiro atoms. The maximum atomic E-state index is 6.55. The van der Waals surface area contributed by atoms with E-state index in [2.05, 4.69) is 104 Å². The van der Waals surface area contributed by atoms with E-state index in [1.807, 2.05) is 0 Å². The standard InChI is InChI=1S/C46H56O4/c1-9-13-29-19-37-23-33-17-34-24-39(21-31(15-11-3)42(34)48-27-47-41(29)33)46(7,8)40-22-32(16-12-4)44-36(26-40)18-35-25-38(45(37,5)6)20-30(14-10-2)43(35)49-28-50-44/h19-26H,9-18,27-28H2,1-8H3. The van der Waals surface area contributed by atoms with Crippen LogP contribution in [0.1, 0.15) is 148 Å². The van der Waals surface area contributed by atoms with Crippen molar-refractivity contribution in [2.24, 2.45) is 0 Å². The maximum absolute atomic E-state index is 6.55. The quantitative estimate of drug-likeness (QED) is 0.187. The van der Waals surface area contributed by atoms with Crippen molar-refractivity contribution < 1.29 is 18.9 Å². The summed E-state index contributed by atoms with van der Waals surface area (Å²) in [4.78, 5) is 0. The van der Waals surface area contributed by atoms with Gasteiger partial charge in [0.1, 0.15) is 23.0 Å². The fourth-order valence-corrected chi connectivity index (χ4v) is 8.59. The van der Waals surface area contributed by atoms with E-state index in [9.17, 15) is 0 Å². The molecule has 4 heteroatoms. The zero-order valence-corrected chi connectivity index (χ0v) is 31.7. The Balaban J connectivity index is 1.58. The molecule has 2 aliphatic heterocycles. The van der Waals surface area contributed by atoms with Crippen LogP contribution in [0.2, 0.25) is 0 Å². The molecule has 4 aromatic carbocycles. The SMILES string of the molecule is CCCc1cc2cc3c1OCOc1c(CCC)cc(cc1C3)C(C)(C)c1cc(CCC)c3c(c1)Cc1cc(cc(CCC)c1OCO3)C2(C)C. The molecule has 0 saturated heterocycles. The topological polar surface area (TPSA) is 36.9 Å². The first-order valence-corrected chi connectivity index (χ1v) is 19.2. The molecule has 0 atom stereocenters. The van der Waals surface area contributed by atoms with Gasteiger partial charge in [0, 0.05) is 23.7 Å². The molecule has 4 aromatic rings. The molecular weight excluding hydrogens is 617 g/mol. The molecule has 4 nitrogen and oxygen atoms in total. The summed E-state index contributed by atoms with van der Waals surface area (Å²) in [6.07, 6.45) is 9.59. The van der Waals surface area contributed by atoms with Crippen LogP contribution < -0.4 is 18.9 Å². The van der Waals surface area contributed by atoms with Gasteiger partial charge in [-0.3, -0.25) is 0 Å². The van der Waals surface area contributed by atoms with Gasteiger partial charge in [-0.05, 0) is 92.4 Å². The van der Waals surface area contributed by atoms with Crippen LogP contribution in [0.5, 0.6) is 23.0 Å². The van der Waals surface area contributed by atoms with Gasteiger partial charge in [0.25, 0.3) is 0 Å². The van der Waals surface area contributed by atoms with Crippen molar-refractivity contribution in [3.8, 4) is 23.0 Å². The summed E-state index contributed by atoms with van der Waals surface area (Å²) in [5.74, 6) is 4.01. The molecule has 0 unspecified atom stereocenters. The Morgan fingerprint density at radius 1 is 0.400 bits per heavy atom. The van der Waals surface area contributed by atoms with Gasteiger partial charge in [-0.2, -0.15) is 0 Å². The second-order valence-corrected chi connectivity index (χ2v) is 15.9. The number of ether oxygens (including phenoxy) is 4. The molecule has 264 valence electrons. The van der Waals surface area contributed by atoms with Gasteiger partial charge < -0.3 is 18.9 Å². The average molecular weight is 673 g/mol. The van der Waals surface area contributed by atoms with Crippen molar-refractivity contribution in [2.45, 2.75) is 130 Å². The highest BCUT2D eigenvalue weighted by atomic mass is 16.7. The third kappa shape index (κ3) is 6.07. The van der Waals surface area contributed by atoms with Crippen LogP contribution in [-0.2, 0) is 49.4 Å². The van der Waals surface area contributed by atoms with Gasteiger partial charge in [0.2, 0.25) is 13.6 Å². The minimum absolute atomic E-state index is 0.218. The van der Waals surface area contributed by atoms with Gasteiger partial charge in [-0.25, -0.2) is 0 Å². The highest BCUT2D eigenvalue weighted by Gasteiger charge is 2.33. The molecule has 50 heavy (non-hydrogen) atoms. The third-order valence-electron chi connectivity index (χ3n) is 11.5. The van der Waals surface area contributed by atoms with Crippen molar-refractivity contribution in [1.29, 1.82) is 0 Å². The van der Waals surface area contributed by atoms with Crippen LogP contribution in [0.25, 0.3) is 0 Å². The Morgan fingerprint density at radius 2 is 0.640 bits per heavy atom. The third-order valence-corrected chi connectivity index (χ3v) is 11.5. The van der Waals surface area contributed by atoms with E-state index in [1.54, 1.807) is 0 Å². The summed E-state index contributed by atoms with van der Waals surface area (Å²) >= 11 is 0. The van der Waals surface area contributed by atoms with Crippen molar-refractivity contribution in [1.82, 2.24) is 0 Å². The summed E-state index contributed by atoms with van der Waals surface area (Å²) < 4.78 is 26.2. The van der Waals surface area contributed by atoms with E-state index in [4.69, 9.17) is 18.9 Å². The monoisotopic (exact) mass is 672 g/mol. The van der Waals surface area contributed by atoms with Gasteiger partial charge in [-0.15, -0.1) is 0 Å². The first-order chi connectivity index (χ1) is 24.1. The number of hydrogen-bond donors (Lipinski definition) is 0. The highest BCUT2D eigenvalue weighted by molar-refractivity contribution is 5.60. The van der Waals surface area contributed by atoms with Crippen LogP contribution >= 0.6 is 0 Å². The molecule has 1 aliphatic carbocycles. The summed E-state index contributed by atoms with van der Waals surface area (Å²) in [5.41, 5.74) is 14.9. The summed E-state index contributed by atoms with van der Waals surface area (Å²) in [6.45, 7) is 19.0. The number of aryl methyl sites for hydroxylation is 4. The van der Waals surface area contributed by atoms with E-state index < -0.39 is 0 Å². The molecule has 7 rings (SSSR count). The Labute approximate surface area is 300 Å². The predicted octanol–water partition coefficient (Wildman–Crippen LogP) is 11.1. The average Bonchev–Trinajstić information content (AvgIpc) is 3.05. The molecule has 0 saturated carbocycles. The lowest BCUT2D eigenvalue weighted by Crippen LogP contribution is -2.24. The van der Waals surface area contributed by atoms with Crippen LogP contribution in [0.3, 0.4) is 0 Å². The number of rotatable bonds is 8. The largest absolute Gasteiger partial charge is 0.457 e. The van der Waals surface area contributed by atoms with Gasteiger partial charge >= 0.3 is 0 Å². The van der Waals surface area contributed by atoms with E-state index in [1.165, 1.54) is 66.8 Å². The number of fused-ring (bicyclic) bond motifs is 4. The van der Waals surface area contributed by atoms with Gasteiger partial charge in [0.05, 0.1) is 0 Å². The molecular formula is C46H56O4. The summed E-state index contributed by atoms with van der Waals surface area (Å²) in [5, 5.41) is 0. The van der Waals surface area contributed by atoms with Gasteiger partial charge in [0.15, 0.2) is 0 Å². The first kappa shape index (κ1) is 34.5. The van der Waals surface area contributed by atoms with E-state index in [0.29, 0.717) is 0 Å². The second kappa shape index (κ2) is 13.7. The van der Waals surface area contributed by atoms with Crippen LogP contribution in [0.4, 0.5) is 0 Å². The smallest absolute Gasteiger partial charge is 0.230 e. The van der Waals surface area contributed by atoms with E-state index in [-0.39, 0.29) is 24.4 Å². The second-order valence-electron chi connectivity index (χ2n) is 15.9. The summed E-state index contributed by atoms with van der Waals surface area (Å²) in [6, 6.07) is 19.4. The van der Waals surface area contributed by atoms with E-state index >= 15 is 0 Å². The van der Waals surface area contributed by atoms with Gasteiger partial charge in [-0.1, -0.05) is 130 Å². The molecule has 8 bridgehead atoms. The van der Waals surface area contributed by atoms with Crippen LogP contribution in [0.15, 0.2) is 48.5 Å². The van der Waals surface area contributed by atoms with E-state index in [0.717, 1.165) is 87.2 Å². The van der Waals surface area contributed by atoms with Crippen LogP contribution in [-0.4, -0.2) is 13.6 Å². The lowest BCUT2D eigenvalue weighted by atomic mass is 9.73. The lowest BCUT2D eigenvalue weighted by Gasteiger charge is -2.34. The zero-order chi connectivity index (χ0) is 35.2. The Morgan fingerprint density at radius 3 is 0.860 bits per heavy atom. The van der Waals surface area contributed by atoms with Crippen molar-refractivity contribution >= 4 is 0 Å². The maximum Gasteiger partial charge on any atom is 0.230 e. The molecule has 0 radical (unpaired) electrons. The molecule has 2 heterocycles. The minimum Gasteiger partial charge on any atom is -0.457 e. The highest BCUT2D eigenvalue weighted by Crippen LogP contribution is 2.46. The Bertz CT molecular complexity index is 1640. The van der Waals surface area contributed by atoms with Crippen molar-refractivity contribution in [3.05, 3.63) is 115 Å². The Hall–Kier alpha value is -3.92. The van der Waals surface area contributed by atoms with Crippen molar-refractivity contribution in [3.63, 3.8) is 0 Å². The molecule has 0 aromatic heterocycles. The first-order valence-electron chi connectivity index (χ1n) is 19.2.